The van der Waals surface area contributed by atoms with Gasteiger partial charge in [-0.05, 0) is 0 Å². The lowest BCUT2D eigenvalue weighted by molar-refractivity contribution is -0.135. The van der Waals surface area contributed by atoms with Crippen LogP contribution in [0.2, 0.25) is 0 Å². The number of nitrogens with zero attached hydrogens (tertiary/aromatic N) is 1. The third-order valence-corrected chi connectivity index (χ3v) is 3.91. The molecule has 0 fully saturated rings. The van der Waals surface area contributed by atoms with Crippen molar-refractivity contribution in [1.82, 2.24) is 9.62 Å². The molecule has 0 rings (SSSR count). The molecule has 0 atom stereocenters. The van der Waals surface area contributed by atoms with Gasteiger partial charge in [-0.1, -0.05) is 20.8 Å². The van der Waals surface area contributed by atoms with Gasteiger partial charge in [-0.3, -0.25) is 0 Å². The molecule has 0 aromatic carbocycles. The van der Waals surface area contributed by atoms with E-state index < -0.39 is 22.7 Å². The Morgan fingerprint density at radius 2 is 1.82 bits per heavy atom. The second-order valence-electron chi connectivity index (χ2n) is 3.97. The Bertz CT molecular complexity index is 315. The highest BCUT2D eigenvalue weighted by Gasteiger charge is 2.35. The predicted molar refractivity (Wildman–Crippen MR) is 60.2 cm³/mol. The molecule has 0 aliphatic heterocycles. The predicted octanol–water partition coefficient (Wildman–Crippen LogP) is 1.20. The molecular formula is C9H19F3N2O2S. The minimum Gasteiger partial charge on any atom is -0.313 e. The molecule has 0 heterocycles. The first kappa shape index (κ1) is 16.7. The third-order valence-electron chi connectivity index (χ3n) is 2.01. The molecule has 4 nitrogen and oxygen atoms in total. The minimum absolute atomic E-state index is 0.0999. The van der Waals surface area contributed by atoms with Crippen molar-refractivity contribution in [2.24, 2.45) is 0 Å². The van der Waals surface area contributed by atoms with Crippen molar-refractivity contribution in [2.45, 2.75) is 33.0 Å². The number of halogens is 3. The van der Waals surface area contributed by atoms with Gasteiger partial charge in [0, 0.05) is 19.1 Å². The Kier molecular flexibility index (Phi) is 6.42. The van der Waals surface area contributed by atoms with E-state index >= 15 is 0 Å². The van der Waals surface area contributed by atoms with E-state index in [1.807, 2.05) is 13.8 Å². The van der Waals surface area contributed by atoms with Gasteiger partial charge in [0.1, 0.15) is 6.54 Å². The Balaban J connectivity index is 4.44. The highest BCUT2D eigenvalue weighted by Crippen LogP contribution is 2.18. The molecule has 8 heteroatoms. The fraction of sp³-hybridized carbons (Fsp3) is 1.00. The summed E-state index contributed by atoms with van der Waals surface area (Å²) in [6.45, 7) is 3.60. The molecule has 0 aliphatic rings. The summed E-state index contributed by atoms with van der Waals surface area (Å²) in [7, 11) is -3.85. The Morgan fingerprint density at radius 1 is 1.29 bits per heavy atom. The molecule has 0 aliphatic carbocycles. The fourth-order valence-corrected chi connectivity index (χ4v) is 2.58. The lowest BCUT2D eigenvalue weighted by Crippen LogP contribution is -2.42. The monoisotopic (exact) mass is 276 g/mol. The van der Waals surface area contributed by atoms with Crippen LogP contribution >= 0.6 is 0 Å². The van der Waals surface area contributed by atoms with Crippen LogP contribution in [0.4, 0.5) is 13.2 Å². The number of rotatable bonds is 7. The quantitative estimate of drug-likeness (QED) is 0.760. The van der Waals surface area contributed by atoms with Crippen LogP contribution in [0.15, 0.2) is 0 Å². The second-order valence-corrected chi connectivity index (χ2v) is 6.05. The largest absolute Gasteiger partial charge is 0.402 e. The summed E-state index contributed by atoms with van der Waals surface area (Å²) in [5, 5.41) is 2.86. The van der Waals surface area contributed by atoms with Crippen LogP contribution in [-0.2, 0) is 10.0 Å². The van der Waals surface area contributed by atoms with E-state index in [1.54, 1.807) is 0 Å². The number of hydrogen-bond donors (Lipinski definition) is 1. The van der Waals surface area contributed by atoms with E-state index in [4.69, 9.17) is 0 Å². The summed E-state index contributed by atoms with van der Waals surface area (Å²) in [5.41, 5.74) is 0. The van der Waals surface area contributed by atoms with Gasteiger partial charge in [0.15, 0.2) is 0 Å². The van der Waals surface area contributed by atoms with Crippen molar-refractivity contribution in [1.29, 1.82) is 0 Å². The summed E-state index contributed by atoms with van der Waals surface area (Å²) >= 11 is 0. The molecule has 0 aromatic heterocycles. The summed E-state index contributed by atoms with van der Waals surface area (Å²) in [6.07, 6.45) is -4.51. The summed E-state index contributed by atoms with van der Waals surface area (Å²) in [4.78, 5) is 0. The van der Waals surface area contributed by atoms with E-state index in [-0.39, 0.29) is 24.9 Å². The van der Waals surface area contributed by atoms with Crippen LogP contribution < -0.4 is 5.32 Å². The molecule has 0 spiro atoms. The van der Waals surface area contributed by atoms with Crippen molar-refractivity contribution in [3.05, 3.63) is 0 Å². The first-order valence-corrected chi connectivity index (χ1v) is 6.97. The van der Waals surface area contributed by atoms with Crippen LogP contribution in [-0.4, -0.2) is 50.3 Å². The van der Waals surface area contributed by atoms with Crippen molar-refractivity contribution in [2.75, 3.05) is 25.4 Å². The van der Waals surface area contributed by atoms with Gasteiger partial charge >= 0.3 is 6.18 Å². The molecule has 0 unspecified atom stereocenters. The highest BCUT2D eigenvalue weighted by atomic mass is 32.2. The number of hydrogen-bond acceptors (Lipinski definition) is 3. The Hall–Kier alpha value is -0.340. The Morgan fingerprint density at radius 3 is 2.18 bits per heavy atom. The number of alkyl halides is 3. The summed E-state index contributed by atoms with van der Waals surface area (Å²) < 4.78 is 60.1. The topological polar surface area (TPSA) is 49.4 Å². The zero-order valence-electron chi connectivity index (χ0n) is 10.2. The summed E-state index contributed by atoms with van der Waals surface area (Å²) in [6, 6.07) is 0.0999. The van der Waals surface area contributed by atoms with Crippen LogP contribution in [0.3, 0.4) is 0 Å². The van der Waals surface area contributed by atoms with Gasteiger partial charge in [-0.25, -0.2) is 8.42 Å². The van der Waals surface area contributed by atoms with Crippen molar-refractivity contribution >= 4 is 10.0 Å². The van der Waals surface area contributed by atoms with Gasteiger partial charge in [0.25, 0.3) is 0 Å². The molecule has 0 radical (unpaired) electrons. The standard InChI is InChI=1S/C9H19F3N2O2S/c1-4-14(7-9(10,11)12)17(15,16)6-5-13-8(2)3/h8,13H,4-7H2,1-3H3. The molecule has 0 saturated carbocycles. The van der Waals surface area contributed by atoms with Crippen molar-refractivity contribution in [3.63, 3.8) is 0 Å². The first-order chi connectivity index (χ1) is 7.58. The van der Waals surface area contributed by atoms with Crippen LogP contribution in [0.5, 0.6) is 0 Å². The lowest BCUT2D eigenvalue weighted by atomic mass is 10.4. The maximum Gasteiger partial charge on any atom is 0.402 e. The van der Waals surface area contributed by atoms with Crippen LogP contribution in [0.25, 0.3) is 0 Å². The van der Waals surface area contributed by atoms with E-state index in [0.29, 0.717) is 4.31 Å². The molecule has 17 heavy (non-hydrogen) atoms. The molecule has 0 saturated heterocycles. The van der Waals surface area contributed by atoms with Crippen LogP contribution in [0.1, 0.15) is 20.8 Å². The highest BCUT2D eigenvalue weighted by molar-refractivity contribution is 7.89. The van der Waals surface area contributed by atoms with Gasteiger partial charge < -0.3 is 5.32 Å². The van der Waals surface area contributed by atoms with Crippen molar-refractivity contribution in [3.8, 4) is 0 Å². The van der Waals surface area contributed by atoms with Crippen LogP contribution in [0, 0.1) is 0 Å². The van der Waals surface area contributed by atoms with Gasteiger partial charge in [-0.2, -0.15) is 17.5 Å². The Labute approximate surface area is 100 Å². The fourth-order valence-electron chi connectivity index (χ4n) is 1.21. The molecule has 1 N–H and O–H groups in total. The van der Waals surface area contributed by atoms with E-state index in [1.165, 1.54) is 6.92 Å². The van der Waals surface area contributed by atoms with Gasteiger partial charge in [-0.15, -0.1) is 0 Å². The number of nitrogens with one attached hydrogen (secondary N) is 1. The minimum atomic E-state index is -4.51. The van der Waals surface area contributed by atoms with E-state index in [9.17, 15) is 21.6 Å². The van der Waals surface area contributed by atoms with Gasteiger partial charge in [0.05, 0.1) is 5.75 Å². The van der Waals surface area contributed by atoms with Gasteiger partial charge in [0.2, 0.25) is 10.0 Å². The van der Waals surface area contributed by atoms with Crippen molar-refractivity contribution < 1.29 is 21.6 Å². The first-order valence-electron chi connectivity index (χ1n) is 5.36. The average molecular weight is 276 g/mol. The molecule has 0 bridgehead atoms. The zero-order valence-corrected chi connectivity index (χ0v) is 11.0. The maximum atomic E-state index is 12.2. The average Bonchev–Trinajstić information content (AvgIpc) is 2.11. The molecular weight excluding hydrogens is 257 g/mol. The smallest absolute Gasteiger partial charge is 0.313 e. The number of sulfonamides is 1. The third kappa shape index (κ3) is 7.56. The molecule has 0 aromatic rings. The SMILES string of the molecule is CCN(CC(F)(F)F)S(=O)(=O)CCNC(C)C. The van der Waals surface area contributed by atoms with E-state index in [2.05, 4.69) is 5.32 Å². The maximum absolute atomic E-state index is 12.2. The normalized spacial score (nSPS) is 13.6. The molecule has 0 amide bonds. The lowest BCUT2D eigenvalue weighted by Gasteiger charge is -2.22. The second kappa shape index (κ2) is 6.55. The zero-order chi connectivity index (χ0) is 13.7. The van der Waals surface area contributed by atoms with E-state index in [0.717, 1.165) is 0 Å². The molecule has 104 valence electrons. The summed E-state index contributed by atoms with van der Waals surface area (Å²) in [5.74, 6) is -0.324.